The summed E-state index contributed by atoms with van der Waals surface area (Å²) in [6.45, 7) is 14.5. The van der Waals surface area contributed by atoms with Crippen LogP contribution in [0.4, 0.5) is 0 Å². The fourth-order valence-electron chi connectivity index (χ4n) is 5.99. The van der Waals surface area contributed by atoms with E-state index < -0.39 is 46.3 Å². The molecule has 9 nitrogen and oxygen atoms in total. The van der Waals surface area contributed by atoms with Gasteiger partial charge >= 0.3 is 11.9 Å². The van der Waals surface area contributed by atoms with E-state index >= 15 is 0 Å². The maximum atomic E-state index is 13.2. The van der Waals surface area contributed by atoms with Gasteiger partial charge in [0.05, 0.1) is 11.1 Å². The van der Waals surface area contributed by atoms with Gasteiger partial charge in [-0.05, 0) is 73.6 Å². The predicted molar refractivity (Wildman–Crippen MR) is 144 cm³/mol. The topological polar surface area (TPSA) is 114 Å². The van der Waals surface area contributed by atoms with Crippen LogP contribution < -0.4 is 4.74 Å². The van der Waals surface area contributed by atoms with Crippen molar-refractivity contribution in [2.75, 3.05) is 6.61 Å². The van der Waals surface area contributed by atoms with Crippen molar-refractivity contribution < 1.29 is 23.8 Å². The van der Waals surface area contributed by atoms with Crippen LogP contribution in [-0.2, 0) is 9.47 Å². The molecule has 0 aliphatic carbocycles. The molecule has 0 unspecified atom stereocenters. The van der Waals surface area contributed by atoms with Crippen LogP contribution in [0.1, 0.15) is 102 Å². The fourth-order valence-corrected chi connectivity index (χ4v) is 5.99. The first kappa shape index (κ1) is 29.9. The average Bonchev–Trinajstić information content (AvgIpc) is 2.78. The molecule has 0 atom stereocenters. The summed E-state index contributed by atoms with van der Waals surface area (Å²) in [5, 5.41) is 27.5. The number of nitrogens with zero attached hydrogens (tertiary/aromatic N) is 2. The molecule has 0 aromatic heterocycles. The Morgan fingerprint density at radius 1 is 0.789 bits per heavy atom. The zero-order valence-electron chi connectivity index (χ0n) is 23.8. The summed E-state index contributed by atoms with van der Waals surface area (Å²) in [5.74, 6) is 1.33. The lowest BCUT2D eigenvalue weighted by molar-refractivity contribution is -0.0622. The van der Waals surface area contributed by atoms with Crippen molar-refractivity contribution in [2.24, 2.45) is 0 Å². The van der Waals surface area contributed by atoms with Gasteiger partial charge in [0.15, 0.2) is 0 Å². The lowest BCUT2D eigenvalue weighted by Crippen LogP contribution is -2.59. The molecule has 0 spiro atoms. The van der Waals surface area contributed by atoms with Gasteiger partial charge in [-0.3, -0.25) is 0 Å². The van der Waals surface area contributed by atoms with Crippen LogP contribution in [0.2, 0.25) is 0 Å². The monoisotopic (exact) mass is 528 g/mol. The maximum Gasteiger partial charge on any atom is 0.338 e. The number of hydrogen-bond acceptors (Lipinski definition) is 9. The van der Waals surface area contributed by atoms with Gasteiger partial charge in [0.2, 0.25) is 0 Å². The van der Waals surface area contributed by atoms with Crippen molar-refractivity contribution in [1.29, 1.82) is 0 Å². The molecule has 0 N–H and O–H groups in total. The van der Waals surface area contributed by atoms with Gasteiger partial charge in [-0.15, -0.1) is 6.42 Å². The lowest BCUT2D eigenvalue weighted by Gasteiger charge is -2.59. The van der Waals surface area contributed by atoms with Crippen molar-refractivity contribution in [3.05, 3.63) is 39.7 Å². The number of piperidine rings is 2. The van der Waals surface area contributed by atoms with E-state index in [0.29, 0.717) is 25.7 Å². The number of ether oxygens (including phenoxy) is 3. The van der Waals surface area contributed by atoms with Crippen molar-refractivity contribution in [1.82, 2.24) is 10.1 Å². The Morgan fingerprint density at radius 3 is 1.45 bits per heavy atom. The third-order valence-corrected chi connectivity index (χ3v) is 7.36. The first-order chi connectivity index (χ1) is 17.4. The number of rotatable bonds is 6. The van der Waals surface area contributed by atoms with E-state index in [0.717, 1.165) is 10.1 Å². The van der Waals surface area contributed by atoms with Crippen LogP contribution in [-0.4, -0.2) is 63.0 Å². The summed E-state index contributed by atoms with van der Waals surface area (Å²) < 4.78 is 17.2. The number of carbonyl (C=O) groups is 2. The quantitative estimate of drug-likeness (QED) is 0.369. The molecule has 1 aromatic carbocycles. The molecule has 9 heteroatoms. The minimum atomic E-state index is -0.708. The van der Waals surface area contributed by atoms with Gasteiger partial charge in [0.1, 0.15) is 24.6 Å². The molecule has 2 aliphatic heterocycles. The number of benzene rings is 1. The van der Waals surface area contributed by atoms with E-state index in [1.807, 2.05) is 55.4 Å². The Labute approximate surface area is 225 Å². The fraction of sp³-hybridized carbons (Fsp3) is 0.655. The maximum absolute atomic E-state index is 13.2. The van der Waals surface area contributed by atoms with Gasteiger partial charge < -0.3 is 34.8 Å². The van der Waals surface area contributed by atoms with Crippen LogP contribution in [0.25, 0.3) is 0 Å². The Bertz CT molecular complexity index is 992. The van der Waals surface area contributed by atoms with Crippen molar-refractivity contribution in [2.45, 2.75) is 115 Å². The van der Waals surface area contributed by atoms with E-state index in [4.69, 9.17) is 20.6 Å². The molecule has 2 aliphatic rings. The smallest absolute Gasteiger partial charge is 0.338 e. The number of hydrogen-bond donors (Lipinski definition) is 0. The summed E-state index contributed by atoms with van der Waals surface area (Å²) in [6, 6.07) is 4.35. The highest BCUT2D eigenvalue weighted by Gasteiger charge is 2.43. The van der Waals surface area contributed by atoms with E-state index in [1.54, 1.807) is 0 Å². The van der Waals surface area contributed by atoms with Gasteiger partial charge in [0, 0.05) is 47.8 Å². The Kier molecular flexibility index (Phi) is 8.26. The van der Waals surface area contributed by atoms with Gasteiger partial charge in [-0.25, -0.2) is 9.59 Å². The summed E-state index contributed by atoms with van der Waals surface area (Å²) in [6.07, 6.45) is 5.85. The molecular weight excluding hydrogens is 488 g/mol. The van der Waals surface area contributed by atoms with Crippen LogP contribution >= 0.6 is 0 Å². The molecular formula is C29H40N2O7-2. The molecule has 38 heavy (non-hydrogen) atoms. The highest BCUT2D eigenvalue weighted by Crippen LogP contribution is 2.40. The third-order valence-electron chi connectivity index (χ3n) is 7.36. The normalized spacial score (nSPS) is 23.3. The van der Waals surface area contributed by atoms with E-state index in [9.17, 15) is 20.0 Å². The number of terminal acetylenes is 1. The molecule has 2 saturated heterocycles. The zero-order valence-corrected chi connectivity index (χ0v) is 23.8. The van der Waals surface area contributed by atoms with E-state index in [-0.39, 0.29) is 23.5 Å². The second-order valence-electron chi connectivity index (χ2n) is 12.9. The molecule has 0 saturated carbocycles. The van der Waals surface area contributed by atoms with Gasteiger partial charge in [0.25, 0.3) is 0 Å². The van der Waals surface area contributed by atoms with Crippen LogP contribution in [0.15, 0.2) is 18.2 Å². The number of hydroxylamine groups is 4. The summed E-state index contributed by atoms with van der Waals surface area (Å²) in [7, 11) is 0. The minimum absolute atomic E-state index is 0.0539. The molecule has 1 aromatic rings. The summed E-state index contributed by atoms with van der Waals surface area (Å²) >= 11 is 0. The molecule has 2 fully saturated rings. The summed E-state index contributed by atoms with van der Waals surface area (Å²) in [5.41, 5.74) is -2.61. The average molecular weight is 529 g/mol. The van der Waals surface area contributed by atoms with Crippen LogP contribution in [0, 0.1) is 22.8 Å². The lowest BCUT2D eigenvalue weighted by atomic mass is 9.80. The minimum Gasteiger partial charge on any atom is -0.784 e. The zero-order chi connectivity index (χ0) is 28.7. The first-order valence-corrected chi connectivity index (χ1v) is 13.0. The largest absolute Gasteiger partial charge is 0.784 e. The SMILES string of the molecule is C#CCOc1cc(C(=O)OC2CC(C)(C)N([O-])C(C)(C)C2)cc(C(=O)OC2CC(C)(C)N([O-])C(C)(C)C2)c1. The second-order valence-corrected chi connectivity index (χ2v) is 12.9. The molecule has 0 amide bonds. The third kappa shape index (κ3) is 6.49. The van der Waals surface area contributed by atoms with Gasteiger partial charge in [-0.2, -0.15) is 0 Å². The Balaban J connectivity index is 1.83. The molecule has 210 valence electrons. The van der Waals surface area contributed by atoms with E-state index in [1.165, 1.54) is 18.2 Å². The Hall–Kier alpha value is -2.64. The number of carbonyl (C=O) groups excluding carboxylic acids is 2. The van der Waals surface area contributed by atoms with Gasteiger partial charge in [-0.1, -0.05) is 5.92 Å². The predicted octanol–water partition coefficient (Wildman–Crippen LogP) is 5.05. The van der Waals surface area contributed by atoms with Crippen LogP contribution in [0.5, 0.6) is 5.75 Å². The summed E-state index contributed by atoms with van der Waals surface area (Å²) in [4.78, 5) is 26.4. The highest BCUT2D eigenvalue weighted by atomic mass is 16.6. The van der Waals surface area contributed by atoms with Crippen molar-refractivity contribution in [3.8, 4) is 18.1 Å². The second kappa shape index (κ2) is 10.5. The Morgan fingerprint density at radius 2 is 1.13 bits per heavy atom. The first-order valence-electron chi connectivity index (χ1n) is 13.0. The van der Waals surface area contributed by atoms with E-state index in [2.05, 4.69) is 5.92 Å². The van der Waals surface area contributed by atoms with Crippen molar-refractivity contribution >= 4 is 11.9 Å². The van der Waals surface area contributed by atoms with Crippen LogP contribution in [0.3, 0.4) is 0 Å². The molecule has 0 bridgehead atoms. The van der Waals surface area contributed by atoms with Crippen molar-refractivity contribution in [3.63, 3.8) is 0 Å². The molecule has 0 radical (unpaired) electrons. The molecule has 3 rings (SSSR count). The molecule has 2 heterocycles. The standard InChI is InChI=1S/C29H40N2O7/c1-10-11-36-21-13-19(24(32)37-22-15-26(2,3)30(34)27(4,5)16-22)12-20(14-21)25(33)38-23-17-28(6,7)31(35)29(8,9)18-23/h1,12-14,22-23H,11,15-18H2,2-9H3/q-2. The highest BCUT2D eigenvalue weighted by molar-refractivity contribution is 5.96. The number of esters is 2.